The van der Waals surface area contributed by atoms with Gasteiger partial charge in [0.15, 0.2) is 0 Å². The third-order valence-corrected chi connectivity index (χ3v) is 3.09. The van der Waals surface area contributed by atoms with Gasteiger partial charge in [0, 0.05) is 26.2 Å². The number of para-hydroxylation sites is 1. The van der Waals surface area contributed by atoms with Crippen LogP contribution in [0.1, 0.15) is 10.4 Å². The van der Waals surface area contributed by atoms with Crippen molar-refractivity contribution in [2.24, 2.45) is 0 Å². The van der Waals surface area contributed by atoms with Crippen LogP contribution in [0.4, 0.5) is 0 Å². The van der Waals surface area contributed by atoms with Crippen LogP contribution in [0.5, 0.6) is 5.75 Å². The van der Waals surface area contributed by atoms with Crippen molar-refractivity contribution in [1.29, 1.82) is 5.26 Å². The first-order valence-electron chi connectivity index (χ1n) is 5.89. The maximum Gasteiger partial charge on any atom is 0.257 e. The first-order chi connectivity index (χ1) is 8.72. The van der Waals surface area contributed by atoms with Gasteiger partial charge >= 0.3 is 0 Å². The molecule has 5 nitrogen and oxygen atoms in total. The SMILES string of the molecule is N#CCN1CCN(C(=O)c2ccccc2O)CC1. The summed E-state index contributed by atoms with van der Waals surface area (Å²) in [6.45, 7) is 2.99. The Morgan fingerprint density at radius 3 is 2.56 bits per heavy atom. The van der Waals surface area contributed by atoms with E-state index in [0.29, 0.717) is 38.3 Å². The summed E-state index contributed by atoms with van der Waals surface area (Å²) in [4.78, 5) is 15.9. The molecule has 0 spiro atoms. The van der Waals surface area contributed by atoms with Crippen LogP contribution in [0.15, 0.2) is 24.3 Å². The quantitative estimate of drug-likeness (QED) is 0.778. The Morgan fingerprint density at radius 2 is 1.94 bits per heavy atom. The molecule has 1 saturated heterocycles. The maximum atomic E-state index is 12.2. The normalized spacial score (nSPS) is 16.3. The van der Waals surface area contributed by atoms with E-state index in [1.54, 1.807) is 23.1 Å². The lowest BCUT2D eigenvalue weighted by Crippen LogP contribution is -2.48. The Bertz CT molecular complexity index is 473. The number of benzene rings is 1. The topological polar surface area (TPSA) is 67.6 Å². The van der Waals surface area contributed by atoms with E-state index in [1.165, 1.54) is 6.07 Å². The first-order valence-corrected chi connectivity index (χ1v) is 5.89. The lowest BCUT2D eigenvalue weighted by Gasteiger charge is -2.33. The average Bonchev–Trinajstić information content (AvgIpc) is 2.40. The van der Waals surface area contributed by atoms with Gasteiger partial charge in [-0.1, -0.05) is 12.1 Å². The van der Waals surface area contributed by atoms with Gasteiger partial charge in [-0.05, 0) is 12.1 Å². The Hall–Kier alpha value is -2.06. The van der Waals surface area contributed by atoms with E-state index in [0.717, 1.165) is 0 Å². The predicted molar refractivity (Wildman–Crippen MR) is 66.1 cm³/mol. The number of nitrogens with zero attached hydrogens (tertiary/aromatic N) is 3. The molecule has 1 fully saturated rings. The van der Waals surface area contributed by atoms with Crippen LogP contribution in [-0.4, -0.2) is 53.5 Å². The van der Waals surface area contributed by atoms with Gasteiger partial charge in [-0.15, -0.1) is 0 Å². The van der Waals surface area contributed by atoms with Gasteiger partial charge in [0.1, 0.15) is 5.75 Å². The van der Waals surface area contributed by atoms with E-state index in [-0.39, 0.29) is 11.7 Å². The molecule has 1 aromatic rings. The minimum atomic E-state index is -0.148. The largest absolute Gasteiger partial charge is 0.507 e. The van der Waals surface area contributed by atoms with Crippen LogP contribution >= 0.6 is 0 Å². The van der Waals surface area contributed by atoms with E-state index in [9.17, 15) is 9.90 Å². The van der Waals surface area contributed by atoms with Crippen molar-refractivity contribution in [2.45, 2.75) is 0 Å². The van der Waals surface area contributed by atoms with E-state index in [1.807, 2.05) is 4.90 Å². The summed E-state index contributed by atoms with van der Waals surface area (Å²) in [6.07, 6.45) is 0. The molecule has 0 atom stereocenters. The molecular weight excluding hydrogens is 230 g/mol. The van der Waals surface area contributed by atoms with E-state index in [4.69, 9.17) is 5.26 Å². The molecule has 0 aliphatic carbocycles. The van der Waals surface area contributed by atoms with Crippen LogP contribution in [0, 0.1) is 11.3 Å². The molecular formula is C13H15N3O2. The summed E-state index contributed by atoms with van der Waals surface area (Å²) in [7, 11) is 0. The molecule has 1 aliphatic rings. The van der Waals surface area contributed by atoms with Gasteiger partial charge in [0.2, 0.25) is 0 Å². The number of phenolic OH excluding ortho intramolecular Hbond substituents is 1. The number of amides is 1. The molecule has 1 aromatic carbocycles. The molecule has 1 aliphatic heterocycles. The molecule has 0 radical (unpaired) electrons. The number of hydrogen-bond acceptors (Lipinski definition) is 4. The number of carbonyl (C=O) groups excluding carboxylic acids is 1. The van der Waals surface area contributed by atoms with E-state index < -0.39 is 0 Å². The van der Waals surface area contributed by atoms with Gasteiger partial charge in [-0.3, -0.25) is 9.69 Å². The zero-order valence-electron chi connectivity index (χ0n) is 10.0. The van der Waals surface area contributed by atoms with Crippen molar-refractivity contribution < 1.29 is 9.90 Å². The zero-order valence-corrected chi connectivity index (χ0v) is 10.0. The molecule has 0 aromatic heterocycles. The molecule has 18 heavy (non-hydrogen) atoms. The number of rotatable bonds is 2. The number of hydrogen-bond donors (Lipinski definition) is 1. The lowest BCUT2D eigenvalue weighted by atomic mass is 10.1. The lowest BCUT2D eigenvalue weighted by molar-refractivity contribution is 0.0649. The second-order valence-corrected chi connectivity index (χ2v) is 4.24. The molecule has 1 N–H and O–H groups in total. The Morgan fingerprint density at radius 1 is 1.28 bits per heavy atom. The van der Waals surface area contributed by atoms with Crippen molar-refractivity contribution in [3.8, 4) is 11.8 Å². The highest BCUT2D eigenvalue weighted by Gasteiger charge is 2.23. The monoisotopic (exact) mass is 245 g/mol. The van der Waals surface area contributed by atoms with Crippen LogP contribution in [0.2, 0.25) is 0 Å². The summed E-state index contributed by atoms with van der Waals surface area (Å²) in [5.41, 5.74) is 0.339. The van der Waals surface area contributed by atoms with Crippen LogP contribution < -0.4 is 0 Å². The fourth-order valence-corrected chi connectivity index (χ4v) is 2.03. The van der Waals surface area contributed by atoms with Crippen molar-refractivity contribution in [3.05, 3.63) is 29.8 Å². The smallest absolute Gasteiger partial charge is 0.257 e. The number of aromatic hydroxyl groups is 1. The van der Waals surface area contributed by atoms with Crippen molar-refractivity contribution in [1.82, 2.24) is 9.80 Å². The maximum absolute atomic E-state index is 12.2. The predicted octanol–water partition coefficient (Wildman–Crippen LogP) is 0.674. The zero-order chi connectivity index (χ0) is 13.0. The van der Waals surface area contributed by atoms with Crippen LogP contribution in [0.25, 0.3) is 0 Å². The van der Waals surface area contributed by atoms with Gasteiger partial charge in [0.25, 0.3) is 5.91 Å². The first kappa shape index (κ1) is 12.4. The number of carbonyl (C=O) groups is 1. The average molecular weight is 245 g/mol. The molecule has 1 heterocycles. The molecule has 2 rings (SSSR count). The number of nitriles is 1. The molecule has 0 saturated carbocycles. The molecule has 1 amide bonds. The minimum Gasteiger partial charge on any atom is -0.507 e. The van der Waals surface area contributed by atoms with Crippen molar-refractivity contribution in [2.75, 3.05) is 32.7 Å². The minimum absolute atomic E-state index is 0.0157. The second-order valence-electron chi connectivity index (χ2n) is 4.24. The Labute approximate surface area is 106 Å². The number of piperazine rings is 1. The third kappa shape index (κ3) is 2.60. The Balaban J connectivity index is 2.00. The highest BCUT2D eigenvalue weighted by molar-refractivity contribution is 5.96. The third-order valence-electron chi connectivity index (χ3n) is 3.09. The van der Waals surface area contributed by atoms with Gasteiger partial charge in [-0.2, -0.15) is 5.26 Å². The highest BCUT2D eigenvalue weighted by atomic mass is 16.3. The molecule has 0 unspecified atom stereocenters. The summed E-state index contributed by atoms with van der Waals surface area (Å²) in [6, 6.07) is 8.67. The summed E-state index contributed by atoms with van der Waals surface area (Å²) >= 11 is 0. The van der Waals surface area contributed by atoms with Gasteiger partial charge in [-0.25, -0.2) is 0 Å². The van der Waals surface area contributed by atoms with Crippen molar-refractivity contribution >= 4 is 5.91 Å². The fraction of sp³-hybridized carbons (Fsp3) is 0.385. The summed E-state index contributed by atoms with van der Waals surface area (Å²) < 4.78 is 0. The molecule has 94 valence electrons. The molecule has 5 heteroatoms. The van der Waals surface area contributed by atoms with Crippen LogP contribution in [-0.2, 0) is 0 Å². The second kappa shape index (κ2) is 5.52. The van der Waals surface area contributed by atoms with Crippen LogP contribution in [0.3, 0.4) is 0 Å². The fourth-order valence-electron chi connectivity index (χ4n) is 2.03. The summed E-state index contributed by atoms with van der Waals surface area (Å²) in [5.74, 6) is -0.133. The Kier molecular flexibility index (Phi) is 3.80. The van der Waals surface area contributed by atoms with E-state index in [2.05, 4.69) is 6.07 Å². The number of phenols is 1. The standard InChI is InChI=1S/C13H15N3O2/c14-5-6-15-7-9-16(10-8-15)13(18)11-3-1-2-4-12(11)17/h1-4,17H,6-10H2. The highest BCUT2D eigenvalue weighted by Crippen LogP contribution is 2.18. The molecule has 0 bridgehead atoms. The van der Waals surface area contributed by atoms with Gasteiger partial charge < -0.3 is 10.0 Å². The van der Waals surface area contributed by atoms with Crippen molar-refractivity contribution in [3.63, 3.8) is 0 Å². The van der Waals surface area contributed by atoms with Gasteiger partial charge in [0.05, 0.1) is 18.2 Å². The van der Waals surface area contributed by atoms with E-state index >= 15 is 0 Å². The summed E-state index contributed by atoms with van der Waals surface area (Å²) in [5, 5.41) is 18.2.